The minimum atomic E-state index is -0.489. The maximum atomic E-state index is 12.5. The van der Waals surface area contributed by atoms with E-state index in [1.54, 1.807) is 30.5 Å². The van der Waals surface area contributed by atoms with Crippen LogP contribution in [0.25, 0.3) is 11.3 Å². The smallest absolute Gasteiger partial charge is 0.287 e. The summed E-state index contributed by atoms with van der Waals surface area (Å²) in [7, 11) is 0. The van der Waals surface area contributed by atoms with Crippen molar-refractivity contribution in [3.05, 3.63) is 104 Å². The number of rotatable bonds is 10. The number of nitro groups is 1. The molecule has 0 aliphatic heterocycles. The maximum Gasteiger partial charge on any atom is 0.287 e. The molecule has 0 aliphatic carbocycles. The van der Waals surface area contributed by atoms with E-state index >= 15 is 0 Å². The van der Waals surface area contributed by atoms with Gasteiger partial charge in [0.15, 0.2) is 0 Å². The second-order valence-corrected chi connectivity index (χ2v) is 8.91. The van der Waals surface area contributed by atoms with E-state index in [9.17, 15) is 14.9 Å². The molecular formula is C25H22IN7O3. The molecule has 0 saturated heterocycles. The van der Waals surface area contributed by atoms with Crippen LogP contribution in [0.15, 0.2) is 79.1 Å². The molecule has 1 amide bonds. The van der Waals surface area contributed by atoms with Gasteiger partial charge in [0.25, 0.3) is 11.6 Å². The van der Waals surface area contributed by atoms with Gasteiger partial charge in [-0.15, -0.1) is 0 Å². The van der Waals surface area contributed by atoms with Crippen molar-refractivity contribution in [2.75, 3.05) is 23.7 Å². The van der Waals surface area contributed by atoms with Gasteiger partial charge in [0.05, 0.1) is 10.6 Å². The zero-order chi connectivity index (χ0) is 25.3. The lowest BCUT2D eigenvalue weighted by molar-refractivity contribution is -0.385. The zero-order valence-electron chi connectivity index (χ0n) is 19.0. The van der Waals surface area contributed by atoms with Crippen LogP contribution in [-0.4, -0.2) is 38.9 Å². The van der Waals surface area contributed by atoms with Gasteiger partial charge in [-0.05, 0) is 64.6 Å². The van der Waals surface area contributed by atoms with Crippen LogP contribution in [0.5, 0.6) is 0 Å². The predicted molar refractivity (Wildman–Crippen MR) is 146 cm³/mol. The van der Waals surface area contributed by atoms with Crippen LogP contribution in [0.4, 0.5) is 17.5 Å². The molecule has 0 saturated carbocycles. The number of pyridine rings is 1. The van der Waals surface area contributed by atoms with Crippen LogP contribution in [0, 0.1) is 13.7 Å². The van der Waals surface area contributed by atoms with Crippen molar-refractivity contribution < 1.29 is 9.72 Å². The number of carbonyl (C=O) groups excluding carboxylic acids is 1. The number of nitrogens with one attached hydrogen (secondary N) is 3. The fourth-order valence-corrected chi connectivity index (χ4v) is 3.90. The molecule has 4 aromatic rings. The largest absolute Gasteiger partial charge is 0.368 e. The van der Waals surface area contributed by atoms with Crippen LogP contribution in [0.3, 0.4) is 0 Å². The number of carbonyl (C=O) groups is 1. The van der Waals surface area contributed by atoms with Gasteiger partial charge in [0, 0.05) is 46.6 Å². The van der Waals surface area contributed by atoms with E-state index in [0.29, 0.717) is 37.0 Å². The molecule has 0 bridgehead atoms. The highest BCUT2D eigenvalue weighted by Gasteiger charge is 2.08. The van der Waals surface area contributed by atoms with Crippen molar-refractivity contribution in [2.24, 2.45) is 0 Å². The molecule has 4 rings (SSSR count). The Hall–Kier alpha value is -4.13. The van der Waals surface area contributed by atoms with E-state index in [2.05, 4.69) is 53.5 Å². The summed E-state index contributed by atoms with van der Waals surface area (Å²) < 4.78 is 1.13. The van der Waals surface area contributed by atoms with Gasteiger partial charge < -0.3 is 16.0 Å². The normalized spacial score (nSPS) is 10.5. The quantitative estimate of drug-likeness (QED) is 0.106. The van der Waals surface area contributed by atoms with Crippen LogP contribution in [0.2, 0.25) is 0 Å². The van der Waals surface area contributed by atoms with Gasteiger partial charge in [-0.2, -0.15) is 0 Å². The zero-order valence-corrected chi connectivity index (χ0v) is 21.2. The Balaban J connectivity index is 1.28. The van der Waals surface area contributed by atoms with E-state index in [4.69, 9.17) is 0 Å². The van der Waals surface area contributed by atoms with Gasteiger partial charge in [-0.1, -0.05) is 24.3 Å². The summed E-state index contributed by atoms with van der Waals surface area (Å²) in [5, 5.41) is 19.8. The molecule has 0 spiro atoms. The Kier molecular flexibility index (Phi) is 8.34. The second-order valence-electron chi connectivity index (χ2n) is 7.67. The molecule has 0 unspecified atom stereocenters. The van der Waals surface area contributed by atoms with E-state index < -0.39 is 4.92 Å². The molecule has 3 N–H and O–H groups in total. The fraction of sp³-hybridized carbons (Fsp3) is 0.120. The number of aromatic nitrogens is 3. The van der Waals surface area contributed by atoms with E-state index in [1.807, 2.05) is 36.4 Å². The lowest BCUT2D eigenvalue weighted by Gasteiger charge is -2.09. The molecule has 2 aromatic carbocycles. The number of halogens is 1. The average Bonchev–Trinajstić information content (AvgIpc) is 2.90. The van der Waals surface area contributed by atoms with Gasteiger partial charge >= 0.3 is 0 Å². The minimum absolute atomic E-state index is 0.0560. The highest BCUT2D eigenvalue weighted by atomic mass is 127. The van der Waals surface area contributed by atoms with Gasteiger partial charge in [-0.3, -0.25) is 14.9 Å². The Bertz CT molecular complexity index is 1350. The third kappa shape index (κ3) is 6.95. The van der Waals surface area contributed by atoms with Crippen LogP contribution in [-0.2, 0) is 6.54 Å². The monoisotopic (exact) mass is 595 g/mol. The second kappa shape index (κ2) is 12.0. The number of anilines is 2. The van der Waals surface area contributed by atoms with Crippen molar-refractivity contribution in [1.29, 1.82) is 0 Å². The Labute approximate surface area is 220 Å². The van der Waals surface area contributed by atoms with E-state index in [1.165, 1.54) is 12.3 Å². The molecule has 11 heteroatoms. The summed E-state index contributed by atoms with van der Waals surface area (Å²) in [6, 6.07) is 20.0. The molecule has 36 heavy (non-hydrogen) atoms. The van der Waals surface area contributed by atoms with Crippen molar-refractivity contribution in [3.8, 4) is 11.3 Å². The predicted octanol–water partition coefficient (Wildman–Crippen LogP) is 4.51. The molecule has 0 aliphatic rings. The highest BCUT2D eigenvalue weighted by Crippen LogP contribution is 2.19. The van der Waals surface area contributed by atoms with Crippen molar-refractivity contribution >= 4 is 46.0 Å². The lowest BCUT2D eigenvalue weighted by Crippen LogP contribution is -2.22. The van der Waals surface area contributed by atoms with Gasteiger partial charge in [0.1, 0.15) is 12.0 Å². The molecule has 0 atom stereocenters. The van der Waals surface area contributed by atoms with Gasteiger partial charge in [0.2, 0.25) is 5.95 Å². The molecule has 2 heterocycles. The SMILES string of the molecule is O=C(NCc1cccc(I)c1)c1ccc(-c2ccnc(NCCNc3ccc([N+](=O)[O-])cn3)n2)cc1. The number of amides is 1. The van der Waals surface area contributed by atoms with Crippen molar-refractivity contribution in [1.82, 2.24) is 20.3 Å². The Morgan fingerprint density at radius 2 is 1.78 bits per heavy atom. The summed E-state index contributed by atoms with van der Waals surface area (Å²) in [6.07, 6.45) is 2.87. The molecular weight excluding hydrogens is 573 g/mol. The van der Waals surface area contributed by atoms with Crippen molar-refractivity contribution in [2.45, 2.75) is 6.54 Å². The van der Waals surface area contributed by atoms with E-state index in [0.717, 1.165) is 20.4 Å². The first-order valence-electron chi connectivity index (χ1n) is 11.0. The fourth-order valence-electron chi connectivity index (χ4n) is 3.29. The molecule has 0 fully saturated rings. The molecule has 182 valence electrons. The first kappa shape index (κ1) is 25.0. The maximum absolute atomic E-state index is 12.5. The third-order valence-corrected chi connectivity index (χ3v) is 5.78. The summed E-state index contributed by atoms with van der Waals surface area (Å²) >= 11 is 2.25. The van der Waals surface area contributed by atoms with Crippen LogP contribution < -0.4 is 16.0 Å². The van der Waals surface area contributed by atoms with Crippen LogP contribution in [0.1, 0.15) is 15.9 Å². The van der Waals surface area contributed by atoms with Crippen LogP contribution >= 0.6 is 22.6 Å². The third-order valence-electron chi connectivity index (χ3n) is 5.11. The molecule has 10 nitrogen and oxygen atoms in total. The first-order valence-corrected chi connectivity index (χ1v) is 12.1. The van der Waals surface area contributed by atoms with Gasteiger partial charge in [-0.25, -0.2) is 15.0 Å². The number of hydrogen-bond acceptors (Lipinski definition) is 8. The lowest BCUT2D eigenvalue weighted by atomic mass is 10.1. The number of benzene rings is 2. The number of nitrogens with zero attached hydrogens (tertiary/aromatic N) is 4. The Morgan fingerprint density at radius 1 is 0.972 bits per heavy atom. The minimum Gasteiger partial charge on any atom is -0.368 e. The van der Waals surface area contributed by atoms with E-state index in [-0.39, 0.29) is 11.6 Å². The summed E-state index contributed by atoms with van der Waals surface area (Å²) in [5.41, 5.74) is 3.15. The standard InChI is InChI=1S/C25H22IN7O3/c26-20-3-1-2-17(14-20)15-31-24(34)19-6-4-18(5-7-19)22-10-11-28-25(32-22)29-13-12-27-23-9-8-21(16-30-23)33(35)36/h1-11,14,16H,12-13,15H2,(H,27,30)(H,31,34)(H,28,29,32). The topological polar surface area (TPSA) is 135 Å². The first-order chi connectivity index (χ1) is 17.5. The number of hydrogen-bond donors (Lipinski definition) is 3. The summed E-state index contributed by atoms with van der Waals surface area (Å²) in [4.78, 5) is 35.5. The summed E-state index contributed by atoms with van der Waals surface area (Å²) in [5.74, 6) is 0.866. The summed E-state index contributed by atoms with van der Waals surface area (Å²) in [6.45, 7) is 1.50. The van der Waals surface area contributed by atoms with Crippen molar-refractivity contribution in [3.63, 3.8) is 0 Å². The molecule has 0 radical (unpaired) electrons. The molecule has 2 aromatic heterocycles. The Morgan fingerprint density at radius 3 is 2.50 bits per heavy atom. The average molecular weight is 595 g/mol. The highest BCUT2D eigenvalue weighted by molar-refractivity contribution is 14.1.